The maximum atomic E-state index is 12.6. The molecule has 2 unspecified atom stereocenters. The number of ether oxygens (including phenoxy) is 2. The van der Waals surface area contributed by atoms with E-state index in [0.29, 0.717) is 6.42 Å². The van der Waals surface area contributed by atoms with Crippen molar-refractivity contribution in [3.63, 3.8) is 0 Å². The Balaban J connectivity index is 1.86. The summed E-state index contributed by atoms with van der Waals surface area (Å²) < 4.78 is 9.52. The molecular formula is C20H28N4O10S. The highest BCUT2D eigenvalue weighted by molar-refractivity contribution is 8.00. The van der Waals surface area contributed by atoms with Gasteiger partial charge in [-0.15, -0.1) is 11.8 Å². The maximum Gasteiger partial charge on any atom is 0.407 e. The van der Waals surface area contributed by atoms with Crippen molar-refractivity contribution < 1.29 is 48.5 Å². The number of unbranched alkanes of at least 4 members (excludes halogenated alkanes) is 1. The largest absolute Gasteiger partial charge is 0.480 e. The van der Waals surface area contributed by atoms with Gasteiger partial charge in [-0.25, -0.2) is 19.2 Å². The van der Waals surface area contributed by atoms with Crippen molar-refractivity contribution in [2.75, 3.05) is 19.0 Å². The highest BCUT2D eigenvalue weighted by atomic mass is 32.2. The molecule has 0 aliphatic carbocycles. The van der Waals surface area contributed by atoms with Crippen LogP contribution in [0.1, 0.15) is 39.0 Å². The fourth-order valence-electron chi connectivity index (χ4n) is 3.42. The second kappa shape index (κ2) is 12.8. The van der Waals surface area contributed by atoms with Gasteiger partial charge >= 0.3 is 24.1 Å². The molecule has 0 saturated carbocycles. The Labute approximate surface area is 204 Å². The van der Waals surface area contributed by atoms with Gasteiger partial charge < -0.3 is 36.1 Å². The predicted octanol–water partition coefficient (Wildman–Crippen LogP) is -0.0299. The van der Waals surface area contributed by atoms with Crippen molar-refractivity contribution in [1.82, 2.24) is 15.5 Å². The van der Waals surface area contributed by atoms with Crippen molar-refractivity contribution in [2.45, 2.75) is 56.5 Å². The van der Waals surface area contributed by atoms with E-state index in [9.17, 15) is 39.0 Å². The third-order valence-electron chi connectivity index (χ3n) is 5.17. The molecule has 15 heteroatoms. The molecule has 2 heterocycles. The lowest BCUT2D eigenvalue weighted by molar-refractivity contribution is -0.150. The van der Waals surface area contributed by atoms with Gasteiger partial charge in [0.05, 0.1) is 6.61 Å². The third-order valence-corrected chi connectivity index (χ3v) is 6.51. The number of thioether (sulfide) groups is 1. The minimum absolute atomic E-state index is 0.0380. The van der Waals surface area contributed by atoms with Crippen LogP contribution in [0.5, 0.6) is 0 Å². The number of aliphatic carboxylic acids is 2. The molecular weight excluding hydrogens is 488 g/mol. The molecule has 14 nitrogen and oxygen atoms in total. The summed E-state index contributed by atoms with van der Waals surface area (Å²) in [5.41, 5.74) is 4.80. The van der Waals surface area contributed by atoms with Crippen molar-refractivity contribution >= 4 is 47.7 Å². The molecule has 4 amide bonds. The fourth-order valence-corrected chi connectivity index (χ4v) is 4.74. The van der Waals surface area contributed by atoms with Crippen LogP contribution in [-0.2, 0) is 28.7 Å². The number of hydrogen-bond acceptors (Lipinski definition) is 9. The number of fused-ring (bicyclic) bond motifs is 1. The summed E-state index contributed by atoms with van der Waals surface area (Å²) >= 11 is 1.19. The zero-order chi connectivity index (χ0) is 26.1. The molecule has 0 spiro atoms. The van der Waals surface area contributed by atoms with Crippen LogP contribution in [0.15, 0.2) is 11.3 Å². The minimum Gasteiger partial charge on any atom is -0.480 e. The van der Waals surface area contributed by atoms with Gasteiger partial charge in [-0.05, 0) is 19.3 Å². The van der Waals surface area contributed by atoms with Gasteiger partial charge in [0, 0.05) is 17.7 Å². The van der Waals surface area contributed by atoms with Crippen LogP contribution in [0, 0.1) is 0 Å². The molecule has 35 heavy (non-hydrogen) atoms. The molecule has 0 radical (unpaired) electrons. The van der Waals surface area contributed by atoms with Crippen LogP contribution >= 0.6 is 11.8 Å². The number of carbonyl (C=O) groups is 6. The first-order chi connectivity index (χ1) is 16.6. The van der Waals surface area contributed by atoms with Crippen molar-refractivity contribution in [3.05, 3.63) is 11.3 Å². The summed E-state index contributed by atoms with van der Waals surface area (Å²) in [6.07, 6.45) is -0.524. The molecule has 194 valence electrons. The van der Waals surface area contributed by atoms with E-state index < -0.39 is 53.4 Å². The summed E-state index contributed by atoms with van der Waals surface area (Å²) in [6, 6.07) is -2.20. The van der Waals surface area contributed by atoms with Gasteiger partial charge in [-0.3, -0.25) is 14.5 Å². The number of rotatable bonds is 13. The molecule has 0 aromatic carbocycles. The van der Waals surface area contributed by atoms with Gasteiger partial charge in [0.1, 0.15) is 29.8 Å². The van der Waals surface area contributed by atoms with Gasteiger partial charge in [-0.1, -0.05) is 13.3 Å². The zero-order valence-electron chi connectivity index (χ0n) is 19.0. The molecule has 3 atom stereocenters. The standard InChI is InChI=1S/C20H28N4O10S/c1-2-3-7-33-20(32)22-11(17(27)28)5-4-6-12(25)23-13-15(26)24-14(18(29)30)10(8-34-19(21)31)9-35-16(13)24/h11,13,16H,2-9H2,1H3,(H2,21,31)(H,22,32)(H,23,25)(H,27,28)(H,29,30)/t11?,13?,16-/m1/s1. The number of primary amides is 1. The first-order valence-electron chi connectivity index (χ1n) is 10.8. The monoisotopic (exact) mass is 516 g/mol. The van der Waals surface area contributed by atoms with Gasteiger partial charge in [-0.2, -0.15) is 0 Å². The van der Waals surface area contributed by atoms with E-state index in [-0.39, 0.29) is 49.5 Å². The molecule has 0 aromatic heterocycles. The van der Waals surface area contributed by atoms with Crippen LogP contribution < -0.4 is 16.4 Å². The topological polar surface area (TPSA) is 215 Å². The van der Waals surface area contributed by atoms with Gasteiger partial charge in [0.25, 0.3) is 5.91 Å². The lowest BCUT2D eigenvalue weighted by Gasteiger charge is -2.49. The Morgan fingerprint density at radius 1 is 1.20 bits per heavy atom. The van der Waals surface area contributed by atoms with Crippen molar-refractivity contribution in [1.29, 1.82) is 0 Å². The van der Waals surface area contributed by atoms with Crippen LogP contribution in [-0.4, -0.2) is 87.5 Å². The van der Waals surface area contributed by atoms with Crippen LogP contribution in [0.4, 0.5) is 9.59 Å². The van der Waals surface area contributed by atoms with E-state index in [1.165, 1.54) is 11.8 Å². The Bertz CT molecular complexity index is 908. The second-order valence-corrected chi connectivity index (χ2v) is 8.84. The predicted molar refractivity (Wildman–Crippen MR) is 120 cm³/mol. The molecule has 2 aliphatic rings. The highest BCUT2D eigenvalue weighted by Gasteiger charge is 2.54. The van der Waals surface area contributed by atoms with Crippen molar-refractivity contribution in [3.8, 4) is 0 Å². The third kappa shape index (κ3) is 7.50. The first kappa shape index (κ1) is 27.8. The summed E-state index contributed by atoms with van der Waals surface area (Å²) in [6.45, 7) is 1.71. The molecule has 0 aromatic rings. The molecule has 2 aliphatic heterocycles. The van der Waals surface area contributed by atoms with E-state index in [4.69, 9.17) is 10.5 Å². The van der Waals surface area contributed by atoms with E-state index in [1.807, 2.05) is 6.92 Å². The number of hydrogen-bond donors (Lipinski definition) is 5. The normalized spacial score (nSPS) is 19.7. The number of nitrogens with one attached hydrogen (secondary N) is 2. The van der Waals surface area contributed by atoms with E-state index in [2.05, 4.69) is 15.4 Å². The summed E-state index contributed by atoms with van der Waals surface area (Å²) in [4.78, 5) is 71.4. The molecule has 1 fully saturated rings. The number of carboxylic acid groups (broad SMARTS) is 2. The highest BCUT2D eigenvalue weighted by Crippen LogP contribution is 2.40. The Morgan fingerprint density at radius 2 is 1.91 bits per heavy atom. The number of carbonyl (C=O) groups excluding carboxylic acids is 4. The molecule has 0 bridgehead atoms. The quantitative estimate of drug-likeness (QED) is 0.162. The first-order valence-corrected chi connectivity index (χ1v) is 11.9. The number of nitrogens with two attached hydrogens (primary N) is 1. The Kier molecular flexibility index (Phi) is 10.2. The molecule has 2 rings (SSSR count). The number of nitrogens with zero attached hydrogens (tertiary/aromatic N) is 1. The average molecular weight is 517 g/mol. The summed E-state index contributed by atoms with van der Waals surface area (Å²) in [7, 11) is 0. The second-order valence-electron chi connectivity index (χ2n) is 7.74. The Morgan fingerprint density at radius 3 is 2.51 bits per heavy atom. The summed E-state index contributed by atoms with van der Waals surface area (Å²) in [5.74, 6) is -3.66. The molecule has 1 saturated heterocycles. The number of β-lactam (4-membered cyclic amide) rings is 1. The van der Waals surface area contributed by atoms with Crippen LogP contribution in [0.3, 0.4) is 0 Å². The van der Waals surface area contributed by atoms with Gasteiger partial charge in [0.2, 0.25) is 5.91 Å². The number of amides is 4. The number of carboxylic acids is 2. The average Bonchev–Trinajstić information content (AvgIpc) is 2.79. The van der Waals surface area contributed by atoms with Gasteiger partial charge in [0.15, 0.2) is 0 Å². The lowest BCUT2D eigenvalue weighted by atomic mass is 10.0. The van der Waals surface area contributed by atoms with E-state index in [1.54, 1.807) is 0 Å². The number of alkyl carbamates (subject to hydrolysis) is 1. The van der Waals surface area contributed by atoms with Crippen LogP contribution in [0.2, 0.25) is 0 Å². The van der Waals surface area contributed by atoms with Crippen molar-refractivity contribution in [2.24, 2.45) is 5.73 Å². The zero-order valence-corrected chi connectivity index (χ0v) is 19.8. The molecule has 6 N–H and O–H groups in total. The van der Waals surface area contributed by atoms with E-state index in [0.717, 1.165) is 11.3 Å². The Hall–Kier alpha value is -3.49. The fraction of sp³-hybridized carbons (Fsp3) is 0.600. The SMILES string of the molecule is CCCCOC(=O)NC(CCCC(=O)NC1C(=O)N2C(C(=O)O)=C(COC(N)=O)CS[C@H]12)C(=O)O. The smallest absolute Gasteiger partial charge is 0.407 e. The lowest BCUT2D eigenvalue weighted by Crippen LogP contribution is -2.70. The minimum atomic E-state index is -1.38. The van der Waals surface area contributed by atoms with E-state index >= 15 is 0 Å². The summed E-state index contributed by atoms with van der Waals surface area (Å²) in [5, 5.41) is 22.9. The maximum absolute atomic E-state index is 12.6. The van der Waals surface area contributed by atoms with Crippen LogP contribution in [0.25, 0.3) is 0 Å².